The van der Waals surface area contributed by atoms with E-state index in [1.54, 1.807) is 12.3 Å². The lowest BCUT2D eigenvalue weighted by atomic mass is 10.2. The lowest BCUT2D eigenvalue weighted by Crippen LogP contribution is -2.18. The number of rotatable bonds is 3. The number of nitrogens with zero attached hydrogens (tertiary/aromatic N) is 2. The Balaban J connectivity index is 2.28. The van der Waals surface area contributed by atoms with Gasteiger partial charge in [0.1, 0.15) is 11.5 Å². The van der Waals surface area contributed by atoms with Crippen molar-refractivity contribution in [3.63, 3.8) is 0 Å². The van der Waals surface area contributed by atoms with Crippen LogP contribution in [0.3, 0.4) is 0 Å². The molecular formula is C13H10BrN3O3. The molecule has 0 unspecified atom stereocenters. The van der Waals surface area contributed by atoms with E-state index in [2.05, 4.69) is 31.2 Å². The molecule has 20 heavy (non-hydrogen) atoms. The molecule has 0 radical (unpaired) electrons. The molecule has 0 saturated carbocycles. The molecule has 0 aliphatic heterocycles. The molecule has 102 valence electrons. The fourth-order valence-electron chi connectivity index (χ4n) is 1.54. The summed E-state index contributed by atoms with van der Waals surface area (Å²) in [5, 5.41) is 11.5. The Morgan fingerprint density at radius 3 is 2.75 bits per heavy atom. The molecular weight excluding hydrogens is 326 g/mol. The van der Waals surface area contributed by atoms with Gasteiger partial charge in [-0.2, -0.15) is 0 Å². The normalized spacial score (nSPS) is 10.1. The number of pyridine rings is 2. The number of carbonyl (C=O) groups is 2. The summed E-state index contributed by atoms with van der Waals surface area (Å²) in [6.45, 7) is 1.85. The van der Waals surface area contributed by atoms with Crippen LogP contribution in [0.25, 0.3) is 0 Å². The molecule has 0 bridgehead atoms. The van der Waals surface area contributed by atoms with E-state index in [4.69, 9.17) is 5.11 Å². The smallest absolute Gasteiger partial charge is 0.338 e. The number of anilines is 1. The molecule has 0 saturated heterocycles. The van der Waals surface area contributed by atoms with Gasteiger partial charge in [-0.15, -0.1) is 0 Å². The average molecular weight is 336 g/mol. The molecule has 0 aliphatic carbocycles. The summed E-state index contributed by atoms with van der Waals surface area (Å²) >= 11 is 3.31. The molecule has 7 heteroatoms. The van der Waals surface area contributed by atoms with Crippen LogP contribution >= 0.6 is 15.9 Å². The van der Waals surface area contributed by atoms with Gasteiger partial charge in [0, 0.05) is 16.9 Å². The summed E-state index contributed by atoms with van der Waals surface area (Å²) in [4.78, 5) is 30.9. The minimum absolute atomic E-state index is 0.151. The summed E-state index contributed by atoms with van der Waals surface area (Å²) < 4.78 is 0.819. The largest absolute Gasteiger partial charge is 0.478 e. The van der Waals surface area contributed by atoms with Crippen LogP contribution in [0.15, 0.2) is 35.1 Å². The molecule has 0 spiro atoms. The number of hydrogen-bond acceptors (Lipinski definition) is 4. The number of aromatic nitrogens is 2. The molecule has 6 nitrogen and oxygen atoms in total. The molecule has 0 atom stereocenters. The van der Waals surface area contributed by atoms with E-state index in [-0.39, 0.29) is 11.3 Å². The number of amides is 1. The molecule has 2 rings (SSSR count). The Hall–Kier alpha value is -2.28. The fourth-order valence-corrected chi connectivity index (χ4v) is 1.76. The number of carboxylic acids is 1. The summed E-state index contributed by atoms with van der Waals surface area (Å²) in [6, 6.07) is 4.46. The Morgan fingerprint density at radius 2 is 2.10 bits per heavy atom. The number of halogens is 1. The first-order valence-electron chi connectivity index (χ1n) is 5.61. The first-order chi connectivity index (χ1) is 9.49. The third-order valence-corrected chi connectivity index (χ3v) is 3.37. The summed E-state index contributed by atoms with van der Waals surface area (Å²) in [7, 11) is 0. The van der Waals surface area contributed by atoms with Crippen LogP contribution in [0.2, 0.25) is 0 Å². The molecule has 0 fully saturated rings. The Kier molecular flexibility index (Phi) is 4.09. The quantitative estimate of drug-likeness (QED) is 0.898. The van der Waals surface area contributed by atoms with Crippen molar-refractivity contribution in [1.82, 2.24) is 9.97 Å². The van der Waals surface area contributed by atoms with Crippen molar-refractivity contribution in [3.8, 4) is 0 Å². The molecule has 2 N–H and O–H groups in total. The van der Waals surface area contributed by atoms with Crippen LogP contribution in [0.4, 0.5) is 5.82 Å². The van der Waals surface area contributed by atoms with E-state index in [0.717, 1.165) is 10.0 Å². The second kappa shape index (κ2) is 5.79. The lowest BCUT2D eigenvalue weighted by molar-refractivity contribution is 0.0691. The van der Waals surface area contributed by atoms with E-state index >= 15 is 0 Å². The van der Waals surface area contributed by atoms with Crippen molar-refractivity contribution in [2.45, 2.75) is 6.92 Å². The predicted molar refractivity (Wildman–Crippen MR) is 75.8 cm³/mol. The Labute approximate surface area is 123 Å². The standard InChI is InChI=1S/C13H10BrN3O3/c1-7-5-10(16-6-9(7)14)17-12(18)11-8(13(19)20)3-2-4-15-11/h2-6H,1H3,(H,19,20)(H,16,17,18). The number of nitrogens with one attached hydrogen (secondary N) is 1. The van der Waals surface area contributed by atoms with Gasteiger partial charge in [-0.1, -0.05) is 0 Å². The minimum Gasteiger partial charge on any atom is -0.478 e. The highest BCUT2D eigenvalue weighted by Gasteiger charge is 2.18. The van der Waals surface area contributed by atoms with Crippen molar-refractivity contribution in [2.75, 3.05) is 5.32 Å². The molecule has 0 aliphatic rings. The maximum absolute atomic E-state index is 12.0. The van der Waals surface area contributed by atoms with Crippen molar-refractivity contribution < 1.29 is 14.7 Å². The van der Waals surface area contributed by atoms with Crippen LogP contribution in [-0.4, -0.2) is 27.0 Å². The molecule has 0 aromatic carbocycles. The number of hydrogen-bond donors (Lipinski definition) is 2. The van der Waals surface area contributed by atoms with Crippen LogP contribution < -0.4 is 5.32 Å². The van der Waals surface area contributed by atoms with Crippen molar-refractivity contribution in [2.24, 2.45) is 0 Å². The lowest BCUT2D eigenvalue weighted by Gasteiger charge is -2.07. The van der Waals surface area contributed by atoms with Gasteiger partial charge in [-0.05, 0) is 46.6 Å². The highest BCUT2D eigenvalue weighted by Crippen LogP contribution is 2.18. The first kappa shape index (κ1) is 14.1. The molecule has 2 aromatic heterocycles. The van der Waals surface area contributed by atoms with Crippen LogP contribution in [0.1, 0.15) is 26.4 Å². The third-order valence-electron chi connectivity index (χ3n) is 2.54. The zero-order valence-electron chi connectivity index (χ0n) is 10.4. The highest BCUT2D eigenvalue weighted by atomic mass is 79.9. The number of aryl methyl sites for hydroxylation is 1. The second-order valence-electron chi connectivity index (χ2n) is 3.98. The van der Waals surface area contributed by atoms with E-state index in [1.807, 2.05) is 6.92 Å². The fraction of sp³-hybridized carbons (Fsp3) is 0.0769. The molecule has 1 amide bonds. The SMILES string of the molecule is Cc1cc(NC(=O)c2ncccc2C(=O)O)ncc1Br. The summed E-state index contributed by atoms with van der Waals surface area (Å²) in [6.07, 6.45) is 2.92. The topological polar surface area (TPSA) is 92.2 Å². The van der Waals surface area contributed by atoms with Gasteiger partial charge < -0.3 is 10.4 Å². The summed E-state index contributed by atoms with van der Waals surface area (Å²) in [5.74, 6) is -1.49. The summed E-state index contributed by atoms with van der Waals surface area (Å²) in [5.41, 5.74) is 0.594. The third kappa shape index (κ3) is 3.00. The van der Waals surface area contributed by atoms with E-state index in [1.165, 1.54) is 18.3 Å². The van der Waals surface area contributed by atoms with Crippen molar-refractivity contribution in [3.05, 3.63) is 51.9 Å². The zero-order chi connectivity index (χ0) is 14.7. The van der Waals surface area contributed by atoms with Gasteiger partial charge in [-0.3, -0.25) is 9.78 Å². The second-order valence-corrected chi connectivity index (χ2v) is 4.83. The van der Waals surface area contributed by atoms with E-state index in [9.17, 15) is 9.59 Å². The van der Waals surface area contributed by atoms with Crippen LogP contribution in [0, 0.1) is 6.92 Å². The van der Waals surface area contributed by atoms with Crippen molar-refractivity contribution in [1.29, 1.82) is 0 Å². The van der Waals surface area contributed by atoms with E-state index in [0.29, 0.717) is 5.82 Å². The van der Waals surface area contributed by atoms with Gasteiger partial charge in [0.2, 0.25) is 0 Å². The van der Waals surface area contributed by atoms with Crippen molar-refractivity contribution >= 4 is 33.6 Å². The molecule has 2 heterocycles. The maximum Gasteiger partial charge on any atom is 0.338 e. The zero-order valence-corrected chi connectivity index (χ0v) is 12.0. The molecule has 2 aromatic rings. The Morgan fingerprint density at radius 1 is 1.35 bits per heavy atom. The van der Waals surface area contributed by atoms with Crippen LogP contribution in [0.5, 0.6) is 0 Å². The Bertz CT molecular complexity index is 688. The number of aromatic carboxylic acids is 1. The maximum atomic E-state index is 12.0. The average Bonchev–Trinajstić information content (AvgIpc) is 2.43. The predicted octanol–water partition coefficient (Wildman–Crippen LogP) is 2.50. The minimum atomic E-state index is -1.21. The van der Waals surface area contributed by atoms with Gasteiger partial charge in [0.15, 0.2) is 0 Å². The van der Waals surface area contributed by atoms with Gasteiger partial charge in [-0.25, -0.2) is 9.78 Å². The number of carbonyl (C=O) groups excluding carboxylic acids is 1. The van der Waals surface area contributed by atoms with Gasteiger partial charge in [0.05, 0.1) is 5.56 Å². The van der Waals surface area contributed by atoms with Crippen LogP contribution in [-0.2, 0) is 0 Å². The first-order valence-corrected chi connectivity index (χ1v) is 6.40. The number of carboxylic acid groups (broad SMARTS) is 1. The highest BCUT2D eigenvalue weighted by molar-refractivity contribution is 9.10. The van der Waals surface area contributed by atoms with E-state index < -0.39 is 11.9 Å². The monoisotopic (exact) mass is 335 g/mol. The van der Waals surface area contributed by atoms with Gasteiger partial charge >= 0.3 is 5.97 Å². The van der Waals surface area contributed by atoms with Gasteiger partial charge in [0.25, 0.3) is 5.91 Å².